The molecule has 5 rings (SSSR count). The molecular weight excluding hydrogens is 494 g/mol. The van der Waals surface area contributed by atoms with Crippen LogP contribution in [0.15, 0.2) is 64.6 Å². The highest BCUT2D eigenvalue weighted by molar-refractivity contribution is 7.19. The number of hydrogen-bond donors (Lipinski definition) is 1. The summed E-state index contributed by atoms with van der Waals surface area (Å²) in [6.07, 6.45) is 4.76. The van der Waals surface area contributed by atoms with Gasteiger partial charge >= 0.3 is 5.69 Å². The maximum absolute atomic E-state index is 13.2. The predicted molar refractivity (Wildman–Crippen MR) is 138 cm³/mol. The third-order valence-corrected chi connectivity index (χ3v) is 7.47. The second kappa shape index (κ2) is 10.5. The van der Waals surface area contributed by atoms with E-state index in [1.807, 2.05) is 0 Å². The van der Waals surface area contributed by atoms with Crippen molar-refractivity contribution in [3.8, 4) is 0 Å². The van der Waals surface area contributed by atoms with Gasteiger partial charge in [-0.15, -0.1) is 11.3 Å². The van der Waals surface area contributed by atoms with Gasteiger partial charge < -0.3 is 15.0 Å². The van der Waals surface area contributed by atoms with E-state index in [2.05, 4.69) is 10.3 Å². The van der Waals surface area contributed by atoms with Crippen molar-refractivity contribution in [2.24, 2.45) is 0 Å². The van der Waals surface area contributed by atoms with Crippen molar-refractivity contribution in [2.45, 2.75) is 20.0 Å². The zero-order chi connectivity index (χ0) is 25.9. The van der Waals surface area contributed by atoms with Gasteiger partial charge in [0.15, 0.2) is 0 Å². The van der Waals surface area contributed by atoms with Gasteiger partial charge in [0.25, 0.3) is 17.4 Å². The molecule has 190 valence electrons. The van der Waals surface area contributed by atoms with E-state index in [-0.39, 0.29) is 18.4 Å². The summed E-state index contributed by atoms with van der Waals surface area (Å²) in [5.41, 5.74) is 1.60. The van der Waals surface area contributed by atoms with Gasteiger partial charge in [-0.05, 0) is 42.3 Å². The zero-order valence-electron chi connectivity index (χ0n) is 20.2. The fraction of sp³-hybridized carbons (Fsp3) is 0.269. The molecule has 10 nitrogen and oxygen atoms in total. The van der Waals surface area contributed by atoms with E-state index in [1.54, 1.807) is 60.6 Å². The topological polar surface area (TPSA) is 115 Å². The summed E-state index contributed by atoms with van der Waals surface area (Å²) < 4.78 is 7.79. The van der Waals surface area contributed by atoms with Gasteiger partial charge in [-0.3, -0.25) is 28.3 Å². The molecule has 11 heteroatoms. The molecule has 37 heavy (non-hydrogen) atoms. The first kappa shape index (κ1) is 24.6. The molecule has 0 bridgehead atoms. The van der Waals surface area contributed by atoms with Gasteiger partial charge in [0.2, 0.25) is 0 Å². The number of nitrogens with one attached hydrogen (secondary N) is 1. The van der Waals surface area contributed by atoms with E-state index >= 15 is 0 Å². The Morgan fingerprint density at radius 2 is 1.73 bits per heavy atom. The predicted octanol–water partition coefficient (Wildman–Crippen LogP) is 1.68. The van der Waals surface area contributed by atoms with Crippen LogP contribution in [0, 0.1) is 6.92 Å². The van der Waals surface area contributed by atoms with Crippen molar-refractivity contribution >= 4 is 28.0 Å². The Hall–Kier alpha value is -4.09. The molecule has 1 N–H and O–H groups in total. The van der Waals surface area contributed by atoms with Crippen LogP contribution in [0.1, 0.15) is 36.7 Å². The van der Waals surface area contributed by atoms with Crippen molar-refractivity contribution in [1.82, 2.24) is 24.2 Å². The number of aromatic nitrogens is 3. The lowest BCUT2D eigenvalue weighted by Gasteiger charge is -2.26. The Kier molecular flexibility index (Phi) is 6.97. The number of fused-ring (bicyclic) bond motifs is 1. The SMILES string of the molecule is Cc1c(=O)n(Cc2ccc(C(=O)N3CCOCC3)cc2)c(=O)n2cc(C(=O)NCc3ccncc3)sc12. The zero-order valence-corrected chi connectivity index (χ0v) is 21.0. The first-order valence-electron chi connectivity index (χ1n) is 11.8. The molecule has 0 saturated carbocycles. The maximum Gasteiger partial charge on any atom is 0.336 e. The number of ether oxygens (including phenoxy) is 1. The molecule has 1 aromatic carbocycles. The van der Waals surface area contributed by atoms with E-state index < -0.39 is 11.2 Å². The summed E-state index contributed by atoms with van der Waals surface area (Å²) in [6, 6.07) is 10.5. The lowest BCUT2D eigenvalue weighted by molar-refractivity contribution is 0.0303. The standard InChI is InChI=1S/C26H25N5O5S/c1-17-23(33)30(15-19-2-4-20(5-3-19)24(34)29-10-12-36-13-11-29)26(35)31-16-21(37-25(17)31)22(32)28-14-18-6-8-27-9-7-18/h2-9,16H,10-15H2,1H3,(H,28,32). The molecule has 4 aromatic rings. The molecule has 0 unspecified atom stereocenters. The molecule has 1 aliphatic heterocycles. The highest BCUT2D eigenvalue weighted by atomic mass is 32.1. The second-order valence-corrected chi connectivity index (χ2v) is 9.74. The smallest absolute Gasteiger partial charge is 0.336 e. The summed E-state index contributed by atoms with van der Waals surface area (Å²) in [6.45, 7) is 4.16. The van der Waals surface area contributed by atoms with E-state index in [4.69, 9.17) is 4.74 Å². The summed E-state index contributed by atoms with van der Waals surface area (Å²) in [7, 11) is 0. The van der Waals surface area contributed by atoms with E-state index in [0.29, 0.717) is 59.2 Å². The van der Waals surface area contributed by atoms with Gasteiger partial charge in [-0.2, -0.15) is 0 Å². The average molecular weight is 520 g/mol. The molecule has 1 fully saturated rings. The van der Waals surface area contributed by atoms with E-state index in [0.717, 1.165) is 21.5 Å². The number of aryl methyl sites for hydroxylation is 1. The summed E-state index contributed by atoms with van der Waals surface area (Å²) in [5.74, 6) is -0.402. The van der Waals surface area contributed by atoms with Crippen LogP contribution < -0.4 is 16.6 Å². The molecule has 0 atom stereocenters. The second-order valence-electron chi connectivity index (χ2n) is 8.71. The minimum Gasteiger partial charge on any atom is -0.378 e. The number of morpholine rings is 1. The van der Waals surface area contributed by atoms with Crippen LogP contribution in [0.25, 0.3) is 4.83 Å². The molecule has 1 aliphatic rings. The molecule has 0 spiro atoms. The Labute approximate surface area is 215 Å². The normalized spacial score (nSPS) is 13.6. The van der Waals surface area contributed by atoms with Gasteiger partial charge in [-0.25, -0.2) is 4.79 Å². The number of benzene rings is 1. The van der Waals surface area contributed by atoms with Gasteiger partial charge in [0, 0.05) is 49.4 Å². The third-order valence-electron chi connectivity index (χ3n) is 6.26. The van der Waals surface area contributed by atoms with E-state index in [9.17, 15) is 19.2 Å². The van der Waals surface area contributed by atoms with Crippen LogP contribution in [0.4, 0.5) is 0 Å². The van der Waals surface area contributed by atoms with Crippen molar-refractivity contribution in [1.29, 1.82) is 0 Å². The maximum atomic E-state index is 13.2. The first-order valence-corrected chi connectivity index (χ1v) is 12.6. The fourth-order valence-electron chi connectivity index (χ4n) is 4.16. The first-order chi connectivity index (χ1) is 17.9. The van der Waals surface area contributed by atoms with Crippen LogP contribution in [0.2, 0.25) is 0 Å². The van der Waals surface area contributed by atoms with Gasteiger partial charge in [0.05, 0.1) is 19.8 Å². The molecule has 1 saturated heterocycles. The lowest BCUT2D eigenvalue weighted by atomic mass is 10.1. The number of hydrogen-bond acceptors (Lipinski definition) is 7. The minimum absolute atomic E-state index is 0.0485. The molecule has 3 aromatic heterocycles. The Morgan fingerprint density at radius 1 is 1.03 bits per heavy atom. The monoisotopic (exact) mass is 519 g/mol. The highest BCUT2D eigenvalue weighted by Crippen LogP contribution is 2.18. The van der Waals surface area contributed by atoms with Crippen LogP contribution in [0.3, 0.4) is 0 Å². The Bertz CT molecular complexity index is 1570. The van der Waals surface area contributed by atoms with Gasteiger partial charge in [0.1, 0.15) is 9.71 Å². The average Bonchev–Trinajstić information content (AvgIpc) is 3.40. The van der Waals surface area contributed by atoms with E-state index in [1.165, 1.54) is 10.6 Å². The highest BCUT2D eigenvalue weighted by Gasteiger charge is 2.20. The molecular formula is C26H25N5O5S. The Balaban J connectivity index is 1.37. The van der Waals surface area contributed by atoms with Crippen LogP contribution in [-0.2, 0) is 17.8 Å². The van der Waals surface area contributed by atoms with Crippen molar-refractivity contribution in [3.05, 3.63) is 103 Å². The third kappa shape index (κ3) is 5.09. The largest absolute Gasteiger partial charge is 0.378 e. The number of carbonyl (C=O) groups excluding carboxylic acids is 2. The summed E-state index contributed by atoms with van der Waals surface area (Å²) in [4.78, 5) is 58.1. The van der Waals surface area contributed by atoms with Gasteiger partial charge in [-0.1, -0.05) is 12.1 Å². The molecule has 2 amide bonds. The number of rotatable bonds is 6. The van der Waals surface area contributed by atoms with Crippen molar-refractivity contribution in [3.63, 3.8) is 0 Å². The summed E-state index contributed by atoms with van der Waals surface area (Å²) >= 11 is 1.10. The number of nitrogens with zero attached hydrogens (tertiary/aromatic N) is 4. The number of thiazole rings is 1. The minimum atomic E-state index is -0.525. The summed E-state index contributed by atoms with van der Waals surface area (Å²) in [5, 5.41) is 2.83. The van der Waals surface area contributed by atoms with Crippen molar-refractivity contribution < 1.29 is 14.3 Å². The quantitative estimate of drug-likeness (QED) is 0.415. The van der Waals surface area contributed by atoms with Crippen LogP contribution >= 0.6 is 11.3 Å². The fourth-order valence-corrected chi connectivity index (χ4v) is 5.17. The Morgan fingerprint density at radius 3 is 2.43 bits per heavy atom. The van der Waals surface area contributed by atoms with Crippen LogP contribution in [0.5, 0.6) is 0 Å². The molecule has 0 aliphatic carbocycles. The van der Waals surface area contributed by atoms with Crippen LogP contribution in [-0.4, -0.2) is 57.0 Å². The number of amides is 2. The number of pyridine rings is 1. The van der Waals surface area contributed by atoms with Crippen molar-refractivity contribution in [2.75, 3.05) is 26.3 Å². The lowest BCUT2D eigenvalue weighted by Crippen LogP contribution is -2.40. The molecule has 0 radical (unpaired) electrons. The number of carbonyl (C=O) groups is 2. The molecule has 4 heterocycles.